The molecule has 35 heavy (non-hydrogen) atoms. The fourth-order valence-electron chi connectivity index (χ4n) is 4.87. The first-order valence-corrected chi connectivity index (χ1v) is 12.6. The number of rotatable bonds is 8. The Morgan fingerprint density at radius 3 is 2.49 bits per heavy atom. The third kappa shape index (κ3) is 6.67. The van der Waals surface area contributed by atoms with Gasteiger partial charge in [0.1, 0.15) is 23.9 Å². The molecule has 0 bridgehead atoms. The summed E-state index contributed by atoms with van der Waals surface area (Å²) in [6.45, 7) is 9.87. The minimum Gasteiger partial charge on any atom is -0.509 e. The number of aliphatic hydroxyl groups excluding tert-OH is 1. The number of methoxy groups -OCH3 is 1. The monoisotopic (exact) mass is 471 g/mol. The van der Waals surface area contributed by atoms with Crippen molar-refractivity contribution in [2.45, 2.75) is 39.0 Å². The second kappa shape index (κ2) is 11.9. The van der Waals surface area contributed by atoms with Crippen molar-refractivity contribution in [2.24, 2.45) is 0 Å². The number of benzene rings is 2. The first-order valence-electron chi connectivity index (χ1n) is 12.6. The highest BCUT2D eigenvalue weighted by atomic mass is 16.5. The minimum absolute atomic E-state index is 0.0508. The van der Waals surface area contributed by atoms with Crippen LogP contribution in [0.2, 0.25) is 0 Å². The van der Waals surface area contributed by atoms with Gasteiger partial charge >= 0.3 is 0 Å². The number of hydrogen-bond acceptors (Lipinski definition) is 4. The Morgan fingerprint density at radius 2 is 1.77 bits per heavy atom. The van der Waals surface area contributed by atoms with E-state index in [1.165, 1.54) is 49.1 Å². The second-order valence-electron chi connectivity index (χ2n) is 9.42. The number of aryl methyl sites for hydroxylation is 1. The van der Waals surface area contributed by atoms with Crippen molar-refractivity contribution < 1.29 is 14.6 Å². The second-order valence-corrected chi connectivity index (χ2v) is 9.42. The summed E-state index contributed by atoms with van der Waals surface area (Å²) in [5.41, 5.74) is 7.08. The number of likely N-dealkylation sites (tertiary alicyclic amines) is 1. The average Bonchev–Trinajstić information content (AvgIpc) is 3.00. The molecule has 4 rings (SSSR count). The van der Waals surface area contributed by atoms with Crippen LogP contribution in [0.5, 0.6) is 11.5 Å². The summed E-state index contributed by atoms with van der Waals surface area (Å²) < 4.78 is 11.5. The van der Waals surface area contributed by atoms with E-state index in [0.29, 0.717) is 0 Å². The largest absolute Gasteiger partial charge is 0.509 e. The van der Waals surface area contributed by atoms with Crippen molar-refractivity contribution in [1.29, 1.82) is 0 Å². The molecule has 1 fully saturated rings. The zero-order valence-corrected chi connectivity index (χ0v) is 21.1. The van der Waals surface area contributed by atoms with Gasteiger partial charge in [0.25, 0.3) is 0 Å². The Balaban J connectivity index is 1.58. The van der Waals surface area contributed by atoms with E-state index in [1.54, 1.807) is 13.2 Å². The van der Waals surface area contributed by atoms with Gasteiger partial charge in [-0.25, -0.2) is 0 Å². The maximum Gasteiger partial charge on any atom is 0.119 e. The van der Waals surface area contributed by atoms with Crippen LogP contribution in [0.15, 0.2) is 78.1 Å². The lowest BCUT2D eigenvalue weighted by atomic mass is 9.91. The minimum atomic E-state index is 0.0508. The van der Waals surface area contributed by atoms with Gasteiger partial charge in [0, 0.05) is 6.54 Å². The molecule has 0 spiro atoms. The molecule has 0 unspecified atom stereocenters. The third-order valence-electron chi connectivity index (χ3n) is 6.88. The highest BCUT2D eigenvalue weighted by molar-refractivity contribution is 5.95. The molecule has 0 amide bonds. The quantitative estimate of drug-likeness (QED) is 0.333. The van der Waals surface area contributed by atoms with Crippen molar-refractivity contribution in [3.63, 3.8) is 0 Å². The van der Waals surface area contributed by atoms with Gasteiger partial charge in [-0.3, -0.25) is 4.90 Å². The van der Waals surface area contributed by atoms with Crippen LogP contribution in [0.4, 0.5) is 0 Å². The average molecular weight is 472 g/mol. The van der Waals surface area contributed by atoms with Crippen molar-refractivity contribution in [1.82, 2.24) is 4.90 Å². The summed E-state index contributed by atoms with van der Waals surface area (Å²) in [6, 6.07) is 14.6. The molecule has 1 N–H and O–H groups in total. The topological polar surface area (TPSA) is 41.9 Å². The smallest absolute Gasteiger partial charge is 0.119 e. The Bertz CT molecular complexity index is 1120. The molecule has 2 aromatic carbocycles. The maximum atomic E-state index is 9.71. The van der Waals surface area contributed by atoms with Crippen LogP contribution in [0.1, 0.15) is 49.3 Å². The van der Waals surface area contributed by atoms with E-state index in [9.17, 15) is 5.11 Å². The summed E-state index contributed by atoms with van der Waals surface area (Å²) in [5, 5.41) is 9.71. The highest BCUT2D eigenvalue weighted by Gasteiger charge is 2.18. The number of fused-ring (bicyclic) bond motifs is 1. The standard InChI is InChI=1S/C31H37NO3/c1-23-7-11-26-22-28(34-3)14-16-30(26)31(29(23)15-8-24(2)33)21-25-9-12-27(13-10-25)35-20-19-32-17-5-4-6-18-32/h8-10,12-16,21-22,33H,2,4-7,11,17-20H2,1,3H3/b15-8-,31-21+. The molecule has 0 saturated carbocycles. The van der Waals surface area contributed by atoms with Crippen molar-refractivity contribution in [3.8, 4) is 11.5 Å². The molecule has 0 radical (unpaired) electrons. The van der Waals surface area contributed by atoms with Gasteiger partial charge in [-0.2, -0.15) is 0 Å². The van der Waals surface area contributed by atoms with E-state index in [4.69, 9.17) is 9.47 Å². The van der Waals surface area contributed by atoms with Crippen LogP contribution in [0.3, 0.4) is 0 Å². The third-order valence-corrected chi connectivity index (χ3v) is 6.88. The molecule has 2 aromatic rings. The molecule has 1 heterocycles. The Kier molecular flexibility index (Phi) is 8.49. The molecule has 4 nitrogen and oxygen atoms in total. The number of aliphatic hydroxyl groups is 1. The molecule has 184 valence electrons. The van der Waals surface area contributed by atoms with E-state index in [0.717, 1.165) is 54.2 Å². The molecule has 0 atom stereocenters. The van der Waals surface area contributed by atoms with Crippen LogP contribution in [0.25, 0.3) is 11.6 Å². The molecule has 0 aromatic heterocycles. The van der Waals surface area contributed by atoms with E-state index < -0.39 is 0 Å². The van der Waals surface area contributed by atoms with Crippen molar-refractivity contribution >= 4 is 11.6 Å². The van der Waals surface area contributed by atoms with Crippen molar-refractivity contribution in [2.75, 3.05) is 33.4 Å². The predicted octanol–water partition coefficient (Wildman–Crippen LogP) is 6.99. The Labute approximate surface area is 209 Å². The molecular weight excluding hydrogens is 434 g/mol. The Hall–Kier alpha value is -3.24. The van der Waals surface area contributed by atoms with Gasteiger partial charge in [-0.1, -0.05) is 42.8 Å². The predicted molar refractivity (Wildman–Crippen MR) is 145 cm³/mol. The molecule has 2 aliphatic rings. The molecule has 1 saturated heterocycles. The van der Waals surface area contributed by atoms with Gasteiger partial charge in [0.2, 0.25) is 0 Å². The van der Waals surface area contributed by atoms with Gasteiger partial charge in [0.15, 0.2) is 0 Å². The highest BCUT2D eigenvalue weighted by Crippen LogP contribution is 2.38. The lowest BCUT2D eigenvalue weighted by Crippen LogP contribution is -2.33. The van der Waals surface area contributed by atoms with Crippen LogP contribution >= 0.6 is 0 Å². The van der Waals surface area contributed by atoms with Gasteiger partial charge in [-0.05, 0) is 110 Å². The van der Waals surface area contributed by atoms with Gasteiger partial charge in [0.05, 0.1) is 7.11 Å². The van der Waals surface area contributed by atoms with E-state index in [2.05, 4.69) is 60.9 Å². The van der Waals surface area contributed by atoms with E-state index in [-0.39, 0.29) is 5.76 Å². The first-order chi connectivity index (χ1) is 17.0. The fourth-order valence-corrected chi connectivity index (χ4v) is 4.87. The first kappa shape index (κ1) is 24.9. The number of allylic oxidation sites excluding steroid dienone is 5. The lowest BCUT2D eigenvalue weighted by Gasteiger charge is -2.26. The molecule has 4 heteroatoms. The lowest BCUT2D eigenvalue weighted by molar-refractivity contribution is 0.183. The van der Waals surface area contributed by atoms with Crippen LogP contribution in [0, 0.1) is 0 Å². The maximum absolute atomic E-state index is 9.71. The summed E-state index contributed by atoms with van der Waals surface area (Å²) in [5.74, 6) is 1.82. The van der Waals surface area contributed by atoms with Crippen LogP contribution in [-0.2, 0) is 6.42 Å². The van der Waals surface area contributed by atoms with E-state index >= 15 is 0 Å². The number of piperidine rings is 1. The summed E-state index contributed by atoms with van der Waals surface area (Å²) in [7, 11) is 1.70. The van der Waals surface area contributed by atoms with Gasteiger partial charge < -0.3 is 14.6 Å². The number of nitrogens with zero attached hydrogens (tertiary/aromatic N) is 1. The number of ether oxygens (including phenoxy) is 2. The summed E-state index contributed by atoms with van der Waals surface area (Å²) in [4.78, 5) is 2.49. The van der Waals surface area contributed by atoms with Crippen LogP contribution in [-0.4, -0.2) is 43.4 Å². The Morgan fingerprint density at radius 1 is 1.03 bits per heavy atom. The zero-order valence-electron chi connectivity index (χ0n) is 21.1. The van der Waals surface area contributed by atoms with Crippen molar-refractivity contribution in [3.05, 3.63) is 94.8 Å². The van der Waals surface area contributed by atoms with E-state index in [1.807, 2.05) is 12.1 Å². The molecule has 1 aliphatic carbocycles. The van der Waals surface area contributed by atoms with Crippen LogP contribution < -0.4 is 9.47 Å². The number of hydrogen-bond donors (Lipinski definition) is 1. The normalized spacial score (nSPS) is 17.9. The summed E-state index contributed by atoms with van der Waals surface area (Å²) in [6.07, 6.45) is 11.7. The van der Waals surface area contributed by atoms with Gasteiger partial charge in [-0.15, -0.1) is 0 Å². The molecular formula is C31H37NO3. The summed E-state index contributed by atoms with van der Waals surface area (Å²) >= 11 is 0. The SMILES string of the molecule is C=C(O)/C=C\C1=C(C)CCc2cc(OC)ccc2/C1=C/c1ccc(OCCN2CCCCC2)cc1. The fraction of sp³-hybridized carbons (Fsp3) is 0.355. The molecule has 1 aliphatic heterocycles. The zero-order chi connectivity index (χ0) is 24.6.